The molecule has 1 aromatic rings. The molecule has 0 aliphatic rings. The zero-order valence-electron chi connectivity index (χ0n) is 10.1. The summed E-state index contributed by atoms with van der Waals surface area (Å²) in [6.07, 6.45) is -6.03. The van der Waals surface area contributed by atoms with Crippen LogP contribution in [0.25, 0.3) is 0 Å². The Kier molecular flexibility index (Phi) is 5.39. The van der Waals surface area contributed by atoms with Crippen molar-refractivity contribution in [3.8, 4) is 11.8 Å². The number of nitrogens with two attached hydrogens (primary N) is 1. The molecule has 0 atom stereocenters. The lowest BCUT2D eigenvalue weighted by molar-refractivity contribution is -0.142. The topological polar surface area (TPSA) is 55.1 Å². The zero-order chi connectivity index (χ0) is 14.3. The molecule has 1 rings (SSSR count). The number of hydrogen-bond donors (Lipinski definition) is 2. The molecule has 1 amide bonds. The molecular formula is C13H13F3N2O. The molecule has 0 heterocycles. The van der Waals surface area contributed by atoms with Crippen LogP contribution in [0.1, 0.15) is 18.4 Å². The average molecular weight is 270 g/mol. The summed E-state index contributed by atoms with van der Waals surface area (Å²) in [4.78, 5) is 11.3. The van der Waals surface area contributed by atoms with E-state index in [2.05, 4.69) is 17.2 Å². The monoisotopic (exact) mass is 270 g/mol. The number of benzene rings is 1. The molecule has 0 aliphatic carbocycles. The second kappa shape index (κ2) is 6.81. The lowest BCUT2D eigenvalue weighted by Gasteiger charge is -2.07. The first-order valence-electron chi connectivity index (χ1n) is 5.56. The van der Waals surface area contributed by atoms with Crippen molar-refractivity contribution in [2.24, 2.45) is 5.73 Å². The van der Waals surface area contributed by atoms with Crippen LogP contribution in [0, 0.1) is 11.8 Å². The summed E-state index contributed by atoms with van der Waals surface area (Å²) in [5.41, 5.74) is 6.37. The molecule has 0 aliphatic heterocycles. The Morgan fingerprint density at radius 1 is 1.26 bits per heavy atom. The summed E-state index contributed by atoms with van der Waals surface area (Å²) in [6.45, 7) is 0.246. The maximum Gasteiger partial charge on any atom is 0.389 e. The Labute approximate surface area is 109 Å². The number of halogens is 3. The van der Waals surface area contributed by atoms with Crippen molar-refractivity contribution in [1.82, 2.24) is 0 Å². The predicted molar refractivity (Wildman–Crippen MR) is 66.3 cm³/mol. The van der Waals surface area contributed by atoms with Gasteiger partial charge >= 0.3 is 6.18 Å². The third kappa shape index (κ3) is 6.48. The summed E-state index contributed by atoms with van der Waals surface area (Å²) >= 11 is 0. The maximum absolute atomic E-state index is 11.9. The van der Waals surface area contributed by atoms with E-state index in [-0.39, 0.29) is 6.54 Å². The molecule has 0 spiro atoms. The summed E-state index contributed by atoms with van der Waals surface area (Å²) in [7, 11) is 0. The van der Waals surface area contributed by atoms with Crippen LogP contribution < -0.4 is 11.1 Å². The van der Waals surface area contributed by atoms with Gasteiger partial charge in [-0.15, -0.1) is 0 Å². The second-order valence-electron chi connectivity index (χ2n) is 3.75. The van der Waals surface area contributed by atoms with Crippen LogP contribution in [-0.2, 0) is 4.79 Å². The highest BCUT2D eigenvalue weighted by molar-refractivity contribution is 5.90. The fraction of sp³-hybridized carbons (Fsp3) is 0.308. The Hall–Kier alpha value is -2.00. The van der Waals surface area contributed by atoms with Gasteiger partial charge in [0.1, 0.15) is 0 Å². The standard InChI is InChI=1S/C13H13F3N2O/c14-13(15,16)8-7-12(19)18-11-5-3-10(4-6-11)2-1-9-17/h3-6H,7-9,17H2,(H,18,19). The van der Waals surface area contributed by atoms with E-state index in [0.29, 0.717) is 5.69 Å². The fourth-order valence-corrected chi connectivity index (χ4v) is 1.27. The number of hydrogen-bond acceptors (Lipinski definition) is 2. The van der Waals surface area contributed by atoms with E-state index in [0.717, 1.165) is 5.56 Å². The molecule has 0 radical (unpaired) electrons. The second-order valence-corrected chi connectivity index (χ2v) is 3.75. The van der Waals surface area contributed by atoms with Crippen LogP contribution in [-0.4, -0.2) is 18.6 Å². The van der Waals surface area contributed by atoms with Gasteiger partial charge in [0, 0.05) is 17.7 Å². The number of amides is 1. The van der Waals surface area contributed by atoms with Crippen LogP contribution in [0.2, 0.25) is 0 Å². The average Bonchev–Trinajstić information content (AvgIpc) is 2.35. The zero-order valence-corrected chi connectivity index (χ0v) is 10.1. The minimum atomic E-state index is -4.32. The van der Waals surface area contributed by atoms with Crippen LogP contribution in [0.15, 0.2) is 24.3 Å². The van der Waals surface area contributed by atoms with Gasteiger partial charge in [-0.3, -0.25) is 4.79 Å². The Morgan fingerprint density at radius 3 is 2.42 bits per heavy atom. The van der Waals surface area contributed by atoms with Crippen molar-refractivity contribution >= 4 is 11.6 Å². The van der Waals surface area contributed by atoms with Crippen molar-refractivity contribution < 1.29 is 18.0 Å². The van der Waals surface area contributed by atoms with E-state index < -0.39 is 24.9 Å². The van der Waals surface area contributed by atoms with Crippen molar-refractivity contribution in [3.63, 3.8) is 0 Å². The molecule has 0 saturated carbocycles. The Morgan fingerprint density at radius 2 is 1.89 bits per heavy atom. The summed E-state index contributed by atoms with van der Waals surface area (Å²) in [5, 5.41) is 2.39. The highest BCUT2D eigenvalue weighted by atomic mass is 19.4. The molecule has 3 N–H and O–H groups in total. The van der Waals surface area contributed by atoms with Crippen molar-refractivity contribution in [3.05, 3.63) is 29.8 Å². The van der Waals surface area contributed by atoms with Crippen molar-refractivity contribution in [1.29, 1.82) is 0 Å². The molecule has 19 heavy (non-hydrogen) atoms. The molecule has 102 valence electrons. The van der Waals surface area contributed by atoms with Gasteiger partial charge in [0.2, 0.25) is 5.91 Å². The maximum atomic E-state index is 11.9. The van der Waals surface area contributed by atoms with E-state index in [4.69, 9.17) is 5.73 Å². The summed E-state index contributed by atoms with van der Waals surface area (Å²) in [6, 6.07) is 6.46. The van der Waals surface area contributed by atoms with Crippen LogP contribution in [0.4, 0.5) is 18.9 Å². The first-order chi connectivity index (χ1) is 8.90. The Balaban J connectivity index is 2.51. The molecule has 0 aromatic heterocycles. The summed E-state index contributed by atoms with van der Waals surface area (Å²) < 4.78 is 35.8. The minimum Gasteiger partial charge on any atom is -0.326 e. The molecule has 0 fully saturated rings. The molecular weight excluding hydrogens is 257 g/mol. The van der Waals surface area contributed by atoms with E-state index >= 15 is 0 Å². The van der Waals surface area contributed by atoms with Crippen molar-refractivity contribution in [2.75, 3.05) is 11.9 Å². The molecule has 0 bridgehead atoms. The molecule has 3 nitrogen and oxygen atoms in total. The Bertz CT molecular complexity index is 483. The lowest BCUT2D eigenvalue weighted by atomic mass is 10.2. The van der Waals surface area contributed by atoms with Crippen LogP contribution in [0.5, 0.6) is 0 Å². The summed E-state index contributed by atoms with van der Waals surface area (Å²) in [5.74, 6) is 4.79. The van der Waals surface area contributed by atoms with E-state index in [1.807, 2.05) is 0 Å². The van der Waals surface area contributed by atoms with Gasteiger partial charge in [-0.1, -0.05) is 11.8 Å². The number of rotatable bonds is 3. The SMILES string of the molecule is NCC#Cc1ccc(NC(=O)CCC(F)(F)F)cc1. The highest BCUT2D eigenvalue weighted by Gasteiger charge is 2.27. The van der Waals surface area contributed by atoms with Crippen LogP contribution in [0.3, 0.4) is 0 Å². The normalized spacial score (nSPS) is 10.5. The molecule has 0 unspecified atom stereocenters. The molecule has 0 saturated heterocycles. The molecule has 6 heteroatoms. The molecule has 1 aromatic carbocycles. The number of nitrogens with one attached hydrogen (secondary N) is 1. The van der Waals surface area contributed by atoms with E-state index in [9.17, 15) is 18.0 Å². The van der Waals surface area contributed by atoms with Gasteiger partial charge in [-0.25, -0.2) is 0 Å². The third-order valence-corrected chi connectivity index (χ3v) is 2.14. The van der Waals surface area contributed by atoms with Gasteiger partial charge in [0.15, 0.2) is 0 Å². The smallest absolute Gasteiger partial charge is 0.326 e. The first-order valence-corrected chi connectivity index (χ1v) is 5.56. The largest absolute Gasteiger partial charge is 0.389 e. The van der Waals surface area contributed by atoms with Gasteiger partial charge < -0.3 is 11.1 Å². The lowest BCUT2D eigenvalue weighted by Crippen LogP contribution is -2.16. The van der Waals surface area contributed by atoms with Gasteiger partial charge in [-0.2, -0.15) is 13.2 Å². The third-order valence-electron chi connectivity index (χ3n) is 2.14. The van der Waals surface area contributed by atoms with Gasteiger partial charge in [0.05, 0.1) is 13.0 Å². The van der Waals surface area contributed by atoms with E-state index in [1.165, 1.54) is 0 Å². The van der Waals surface area contributed by atoms with Crippen molar-refractivity contribution in [2.45, 2.75) is 19.0 Å². The fourth-order valence-electron chi connectivity index (χ4n) is 1.27. The quantitative estimate of drug-likeness (QED) is 0.828. The highest BCUT2D eigenvalue weighted by Crippen LogP contribution is 2.21. The van der Waals surface area contributed by atoms with E-state index in [1.54, 1.807) is 24.3 Å². The number of alkyl halides is 3. The minimum absolute atomic E-state index is 0.246. The van der Waals surface area contributed by atoms with Gasteiger partial charge in [0.25, 0.3) is 0 Å². The van der Waals surface area contributed by atoms with Gasteiger partial charge in [-0.05, 0) is 24.3 Å². The predicted octanol–water partition coefficient (Wildman–Crippen LogP) is 2.28. The number of anilines is 1. The number of carbonyl (C=O) groups is 1. The van der Waals surface area contributed by atoms with Crippen LogP contribution >= 0.6 is 0 Å². The number of carbonyl (C=O) groups excluding carboxylic acids is 1. The first kappa shape index (κ1) is 15.1.